The maximum Gasteiger partial charge on any atom is 0.249 e. The molecule has 5 nitrogen and oxygen atoms in total. The van der Waals surface area contributed by atoms with Crippen molar-refractivity contribution in [2.24, 2.45) is 5.73 Å². The lowest BCUT2D eigenvalue weighted by atomic mass is 10.1. The van der Waals surface area contributed by atoms with Crippen LogP contribution in [-0.4, -0.2) is 38.3 Å². The molecular weight excluding hydrogens is 256 g/mol. The molecule has 0 saturated carbocycles. The highest BCUT2D eigenvalue weighted by Crippen LogP contribution is 2.19. The van der Waals surface area contributed by atoms with E-state index in [0.717, 1.165) is 18.4 Å². The van der Waals surface area contributed by atoms with Gasteiger partial charge in [0.25, 0.3) is 0 Å². The first-order valence-corrected chi connectivity index (χ1v) is 6.95. The lowest BCUT2D eigenvalue weighted by Crippen LogP contribution is -2.38. The first-order valence-electron chi connectivity index (χ1n) is 6.95. The Morgan fingerprint density at radius 3 is 2.80 bits per heavy atom. The molecule has 20 heavy (non-hydrogen) atoms. The van der Waals surface area contributed by atoms with Crippen LogP contribution in [0, 0.1) is 0 Å². The van der Waals surface area contributed by atoms with Gasteiger partial charge in [-0.2, -0.15) is 0 Å². The molecule has 1 aliphatic heterocycles. The fourth-order valence-electron chi connectivity index (χ4n) is 2.38. The average molecular weight is 278 g/mol. The van der Waals surface area contributed by atoms with Crippen molar-refractivity contribution in [3.05, 3.63) is 35.9 Å². The summed E-state index contributed by atoms with van der Waals surface area (Å²) in [6.07, 6.45) is 1.07. The molecule has 0 bridgehead atoms. The SMILES string of the molecule is COC(CNC(=O)[C@@H]1CC[C@H](CN)O1)c1ccccc1. The van der Waals surface area contributed by atoms with Crippen molar-refractivity contribution in [3.63, 3.8) is 0 Å². The zero-order valence-corrected chi connectivity index (χ0v) is 11.7. The minimum atomic E-state index is -0.378. The van der Waals surface area contributed by atoms with Crippen molar-refractivity contribution < 1.29 is 14.3 Å². The molecule has 3 atom stereocenters. The fourth-order valence-corrected chi connectivity index (χ4v) is 2.38. The number of carbonyl (C=O) groups excluding carboxylic acids is 1. The Morgan fingerprint density at radius 2 is 2.20 bits per heavy atom. The van der Waals surface area contributed by atoms with Gasteiger partial charge in [0.05, 0.1) is 12.2 Å². The molecule has 5 heteroatoms. The van der Waals surface area contributed by atoms with Crippen LogP contribution >= 0.6 is 0 Å². The zero-order valence-electron chi connectivity index (χ0n) is 11.7. The van der Waals surface area contributed by atoms with E-state index in [-0.39, 0.29) is 24.2 Å². The van der Waals surface area contributed by atoms with Crippen molar-refractivity contribution in [1.82, 2.24) is 5.32 Å². The van der Waals surface area contributed by atoms with Gasteiger partial charge >= 0.3 is 0 Å². The second-order valence-electron chi connectivity index (χ2n) is 4.94. The van der Waals surface area contributed by atoms with Crippen molar-refractivity contribution in [2.45, 2.75) is 31.2 Å². The molecule has 1 amide bonds. The molecule has 1 aromatic carbocycles. The van der Waals surface area contributed by atoms with E-state index < -0.39 is 0 Å². The Morgan fingerprint density at radius 1 is 1.45 bits per heavy atom. The van der Waals surface area contributed by atoms with Crippen LogP contribution in [0.5, 0.6) is 0 Å². The smallest absolute Gasteiger partial charge is 0.249 e. The van der Waals surface area contributed by atoms with E-state index >= 15 is 0 Å². The summed E-state index contributed by atoms with van der Waals surface area (Å²) in [7, 11) is 1.64. The predicted octanol–water partition coefficient (Wildman–Crippen LogP) is 0.997. The summed E-state index contributed by atoms with van der Waals surface area (Å²) in [5.41, 5.74) is 6.58. The number of nitrogens with two attached hydrogens (primary N) is 1. The van der Waals surface area contributed by atoms with Crippen LogP contribution in [0.15, 0.2) is 30.3 Å². The van der Waals surface area contributed by atoms with Crippen LogP contribution < -0.4 is 11.1 Å². The maximum absolute atomic E-state index is 12.0. The highest BCUT2D eigenvalue weighted by atomic mass is 16.5. The Labute approximate surface area is 119 Å². The van der Waals surface area contributed by atoms with Gasteiger partial charge in [0, 0.05) is 20.2 Å². The van der Waals surface area contributed by atoms with Gasteiger partial charge in [-0.15, -0.1) is 0 Å². The normalized spacial score (nSPS) is 23.5. The van der Waals surface area contributed by atoms with Crippen molar-refractivity contribution in [1.29, 1.82) is 0 Å². The molecule has 1 aromatic rings. The van der Waals surface area contributed by atoms with Crippen molar-refractivity contribution in [3.8, 4) is 0 Å². The quantitative estimate of drug-likeness (QED) is 0.814. The number of carbonyl (C=O) groups is 1. The lowest BCUT2D eigenvalue weighted by molar-refractivity contribution is -0.132. The summed E-state index contributed by atoms with van der Waals surface area (Å²) in [6, 6.07) is 9.83. The first kappa shape index (κ1) is 15.0. The molecule has 0 radical (unpaired) electrons. The van der Waals surface area contributed by atoms with Crippen LogP contribution in [0.4, 0.5) is 0 Å². The Kier molecular flexibility index (Phi) is 5.52. The van der Waals surface area contributed by atoms with Crippen molar-refractivity contribution in [2.75, 3.05) is 20.2 Å². The van der Waals surface area contributed by atoms with Crippen LogP contribution in [0.3, 0.4) is 0 Å². The lowest BCUT2D eigenvalue weighted by Gasteiger charge is -2.18. The third-order valence-corrected chi connectivity index (χ3v) is 3.58. The Balaban J connectivity index is 1.83. The molecule has 110 valence electrons. The minimum Gasteiger partial charge on any atom is -0.375 e. The van der Waals surface area contributed by atoms with Gasteiger partial charge < -0.3 is 20.5 Å². The number of hydrogen-bond donors (Lipinski definition) is 2. The molecule has 0 spiro atoms. The molecular formula is C15H22N2O3. The second-order valence-corrected chi connectivity index (χ2v) is 4.94. The highest BCUT2D eigenvalue weighted by molar-refractivity contribution is 5.81. The van der Waals surface area contributed by atoms with Crippen LogP contribution in [0.2, 0.25) is 0 Å². The van der Waals surface area contributed by atoms with Crippen LogP contribution in [0.1, 0.15) is 24.5 Å². The molecule has 1 heterocycles. The third kappa shape index (κ3) is 3.79. The minimum absolute atomic E-state index is 0.0121. The molecule has 1 aliphatic rings. The standard InChI is InChI=1S/C15H22N2O3/c1-19-14(11-5-3-2-4-6-11)10-17-15(18)13-8-7-12(9-16)20-13/h2-6,12-14H,7-10,16H2,1H3,(H,17,18)/t12-,13+,14?/m1/s1. The number of nitrogens with one attached hydrogen (secondary N) is 1. The largest absolute Gasteiger partial charge is 0.375 e. The van der Waals surface area contributed by atoms with E-state index in [1.165, 1.54) is 0 Å². The molecule has 0 aromatic heterocycles. The number of ether oxygens (including phenoxy) is 2. The monoisotopic (exact) mass is 278 g/mol. The molecule has 0 aliphatic carbocycles. The summed E-state index contributed by atoms with van der Waals surface area (Å²) in [4.78, 5) is 12.0. The van der Waals surface area contributed by atoms with Gasteiger partial charge in [0.1, 0.15) is 6.10 Å². The van der Waals surface area contributed by atoms with Crippen LogP contribution in [-0.2, 0) is 14.3 Å². The number of rotatable bonds is 6. The van der Waals surface area contributed by atoms with E-state index in [1.807, 2.05) is 30.3 Å². The molecule has 3 N–H and O–H groups in total. The van der Waals surface area contributed by atoms with E-state index in [2.05, 4.69) is 5.32 Å². The van der Waals surface area contributed by atoms with Gasteiger partial charge in [-0.05, 0) is 18.4 Å². The number of hydrogen-bond acceptors (Lipinski definition) is 4. The Hall–Kier alpha value is -1.43. The first-order chi connectivity index (χ1) is 9.74. The van der Waals surface area contributed by atoms with Gasteiger partial charge in [-0.25, -0.2) is 0 Å². The topological polar surface area (TPSA) is 73.6 Å². The maximum atomic E-state index is 12.0. The fraction of sp³-hybridized carbons (Fsp3) is 0.533. The summed E-state index contributed by atoms with van der Waals surface area (Å²) in [5.74, 6) is -0.0843. The third-order valence-electron chi connectivity index (χ3n) is 3.58. The van der Waals surface area contributed by atoms with E-state index in [4.69, 9.17) is 15.2 Å². The van der Waals surface area contributed by atoms with Gasteiger partial charge in [0.2, 0.25) is 5.91 Å². The van der Waals surface area contributed by atoms with Gasteiger partial charge in [-0.3, -0.25) is 4.79 Å². The number of amides is 1. The second kappa shape index (κ2) is 7.38. The van der Waals surface area contributed by atoms with Gasteiger partial charge in [-0.1, -0.05) is 30.3 Å². The zero-order chi connectivity index (χ0) is 14.4. The summed E-state index contributed by atoms with van der Waals surface area (Å²) < 4.78 is 11.0. The number of methoxy groups -OCH3 is 1. The predicted molar refractivity (Wildman–Crippen MR) is 76.2 cm³/mol. The molecule has 1 unspecified atom stereocenters. The molecule has 1 saturated heterocycles. The molecule has 2 rings (SSSR count). The van der Waals surface area contributed by atoms with Gasteiger partial charge in [0.15, 0.2) is 0 Å². The van der Waals surface area contributed by atoms with E-state index in [1.54, 1.807) is 7.11 Å². The van der Waals surface area contributed by atoms with Crippen molar-refractivity contribution >= 4 is 5.91 Å². The summed E-state index contributed by atoms with van der Waals surface area (Å²) in [6.45, 7) is 0.904. The van der Waals surface area contributed by atoms with Crippen LogP contribution in [0.25, 0.3) is 0 Å². The number of benzene rings is 1. The summed E-state index contributed by atoms with van der Waals surface area (Å²) in [5, 5.41) is 2.89. The Bertz CT molecular complexity index is 424. The highest BCUT2D eigenvalue weighted by Gasteiger charge is 2.30. The average Bonchev–Trinajstić information content (AvgIpc) is 2.98. The molecule has 1 fully saturated rings. The summed E-state index contributed by atoms with van der Waals surface area (Å²) >= 11 is 0. The van der Waals surface area contributed by atoms with E-state index in [9.17, 15) is 4.79 Å². The van der Waals surface area contributed by atoms with E-state index in [0.29, 0.717) is 13.1 Å².